The Morgan fingerprint density at radius 2 is 2.12 bits per heavy atom. The number of hydrogen-bond donors (Lipinski definition) is 1. The van der Waals surface area contributed by atoms with E-state index in [9.17, 15) is 0 Å². The highest BCUT2D eigenvalue weighted by molar-refractivity contribution is 9.10. The van der Waals surface area contributed by atoms with Crippen molar-refractivity contribution < 1.29 is 4.74 Å². The molecule has 2 nitrogen and oxygen atoms in total. The maximum atomic E-state index is 5.66. The molecule has 1 aromatic rings. The van der Waals surface area contributed by atoms with Crippen molar-refractivity contribution in [3.05, 3.63) is 28.7 Å². The predicted octanol–water partition coefficient (Wildman–Crippen LogP) is 3.61. The number of halogens is 1. The van der Waals surface area contributed by atoms with Crippen LogP contribution in [0.5, 0.6) is 5.75 Å². The highest BCUT2D eigenvalue weighted by Crippen LogP contribution is 2.23. The number of hydrogen-bond acceptors (Lipinski definition) is 2. The summed E-state index contributed by atoms with van der Waals surface area (Å²) < 4.78 is 6.72. The van der Waals surface area contributed by atoms with Crippen LogP contribution < -0.4 is 10.1 Å². The zero-order valence-corrected chi connectivity index (χ0v) is 11.7. The normalized spacial score (nSPS) is 16.3. The lowest BCUT2D eigenvalue weighted by Gasteiger charge is -2.11. The van der Waals surface area contributed by atoms with Crippen LogP contribution in [0.2, 0.25) is 0 Å². The molecule has 0 amide bonds. The maximum absolute atomic E-state index is 5.66. The van der Waals surface area contributed by atoms with Crippen molar-refractivity contribution in [3.63, 3.8) is 0 Å². The molecule has 1 aliphatic carbocycles. The van der Waals surface area contributed by atoms with Crippen LogP contribution in [0.15, 0.2) is 28.7 Å². The summed E-state index contributed by atoms with van der Waals surface area (Å²) in [4.78, 5) is 0. The van der Waals surface area contributed by atoms with Gasteiger partial charge in [0.05, 0.1) is 0 Å². The van der Waals surface area contributed by atoms with Gasteiger partial charge in [-0.15, -0.1) is 0 Å². The molecule has 0 spiro atoms. The first-order valence-electron chi connectivity index (χ1n) is 6.44. The molecule has 1 aromatic carbocycles. The molecular formula is C14H20BrNO. The van der Waals surface area contributed by atoms with E-state index in [1.165, 1.54) is 25.7 Å². The smallest absolute Gasteiger partial charge is 0.120 e. The lowest BCUT2D eigenvalue weighted by Crippen LogP contribution is -2.26. The van der Waals surface area contributed by atoms with E-state index in [0.29, 0.717) is 0 Å². The molecule has 0 atom stereocenters. The average molecular weight is 298 g/mol. The van der Waals surface area contributed by atoms with Crippen molar-refractivity contribution in [2.75, 3.05) is 19.7 Å². The minimum atomic E-state index is 0.739. The van der Waals surface area contributed by atoms with Crippen molar-refractivity contribution in [1.82, 2.24) is 5.32 Å². The van der Waals surface area contributed by atoms with E-state index >= 15 is 0 Å². The Balaban J connectivity index is 1.56. The molecule has 3 heteroatoms. The molecule has 0 radical (unpaired) electrons. The summed E-state index contributed by atoms with van der Waals surface area (Å²) in [6, 6.07) is 7.98. The van der Waals surface area contributed by atoms with Crippen molar-refractivity contribution in [2.24, 2.45) is 5.92 Å². The average Bonchev–Trinajstić information content (AvgIpc) is 2.82. The minimum absolute atomic E-state index is 0.739. The number of ether oxygens (including phenoxy) is 1. The van der Waals surface area contributed by atoms with Crippen LogP contribution in [0.25, 0.3) is 0 Å². The fourth-order valence-corrected chi connectivity index (χ4v) is 2.70. The van der Waals surface area contributed by atoms with Crippen molar-refractivity contribution >= 4 is 15.9 Å². The van der Waals surface area contributed by atoms with Gasteiger partial charge in [0.2, 0.25) is 0 Å². The van der Waals surface area contributed by atoms with Gasteiger partial charge in [-0.25, -0.2) is 0 Å². The van der Waals surface area contributed by atoms with E-state index in [4.69, 9.17) is 4.74 Å². The van der Waals surface area contributed by atoms with Gasteiger partial charge in [0, 0.05) is 11.0 Å². The minimum Gasteiger partial charge on any atom is -0.492 e. The zero-order chi connectivity index (χ0) is 11.9. The first-order chi connectivity index (χ1) is 8.34. The topological polar surface area (TPSA) is 21.3 Å². The fourth-order valence-electron chi connectivity index (χ4n) is 2.32. The molecule has 0 aliphatic heterocycles. The first kappa shape index (κ1) is 12.9. The molecule has 17 heavy (non-hydrogen) atoms. The van der Waals surface area contributed by atoms with Gasteiger partial charge in [0.25, 0.3) is 0 Å². The van der Waals surface area contributed by atoms with Crippen LogP contribution >= 0.6 is 15.9 Å². The van der Waals surface area contributed by atoms with Crippen LogP contribution in [0, 0.1) is 5.92 Å². The molecule has 2 rings (SSSR count). The van der Waals surface area contributed by atoms with Crippen molar-refractivity contribution in [1.29, 1.82) is 0 Å². The van der Waals surface area contributed by atoms with Gasteiger partial charge in [0.1, 0.15) is 12.4 Å². The van der Waals surface area contributed by atoms with Gasteiger partial charge in [0.15, 0.2) is 0 Å². The Morgan fingerprint density at radius 3 is 2.88 bits per heavy atom. The molecule has 1 fully saturated rings. The summed E-state index contributed by atoms with van der Waals surface area (Å²) in [6.07, 6.45) is 5.64. The van der Waals surface area contributed by atoms with E-state index in [1.54, 1.807) is 0 Å². The van der Waals surface area contributed by atoms with Gasteiger partial charge >= 0.3 is 0 Å². The predicted molar refractivity (Wildman–Crippen MR) is 74.5 cm³/mol. The molecule has 1 aliphatic rings. The summed E-state index contributed by atoms with van der Waals surface area (Å²) in [7, 11) is 0. The second-order valence-corrected chi connectivity index (χ2v) is 5.58. The fraction of sp³-hybridized carbons (Fsp3) is 0.571. The Morgan fingerprint density at radius 1 is 1.29 bits per heavy atom. The van der Waals surface area contributed by atoms with Crippen LogP contribution in [-0.2, 0) is 0 Å². The Bertz CT molecular complexity index is 337. The third kappa shape index (κ3) is 4.68. The Labute approximate surface area is 112 Å². The van der Waals surface area contributed by atoms with E-state index in [0.717, 1.165) is 35.8 Å². The third-order valence-electron chi connectivity index (χ3n) is 3.25. The number of rotatable bonds is 6. The molecule has 0 saturated heterocycles. The summed E-state index contributed by atoms with van der Waals surface area (Å²) in [5.74, 6) is 1.84. The lowest BCUT2D eigenvalue weighted by molar-refractivity contribution is 0.308. The molecule has 0 unspecified atom stereocenters. The highest BCUT2D eigenvalue weighted by Gasteiger charge is 2.13. The lowest BCUT2D eigenvalue weighted by atomic mass is 10.1. The van der Waals surface area contributed by atoms with Gasteiger partial charge in [-0.3, -0.25) is 0 Å². The van der Waals surface area contributed by atoms with E-state index < -0.39 is 0 Å². The molecular weight excluding hydrogens is 278 g/mol. The van der Waals surface area contributed by atoms with Gasteiger partial charge < -0.3 is 10.1 Å². The standard InChI is InChI=1S/C14H20BrNO/c15-13-6-3-7-14(10-13)17-9-8-16-11-12-4-1-2-5-12/h3,6-7,10,12,16H,1-2,4-5,8-9,11H2. The summed E-state index contributed by atoms with van der Waals surface area (Å²) in [5, 5.41) is 3.48. The van der Waals surface area contributed by atoms with Crippen LogP contribution in [0.1, 0.15) is 25.7 Å². The second-order valence-electron chi connectivity index (χ2n) is 4.66. The monoisotopic (exact) mass is 297 g/mol. The third-order valence-corrected chi connectivity index (χ3v) is 3.74. The summed E-state index contributed by atoms with van der Waals surface area (Å²) >= 11 is 3.43. The number of benzene rings is 1. The van der Waals surface area contributed by atoms with Crippen LogP contribution in [0.4, 0.5) is 0 Å². The van der Waals surface area contributed by atoms with E-state index in [2.05, 4.69) is 21.2 Å². The largest absolute Gasteiger partial charge is 0.492 e. The van der Waals surface area contributed by atoms with E-state index in [-0.39, 0.29) is 0 Å². The molecule has 1 N–H and O–H groups in total. The highest BCUT2D eigenvalue weighted by atomic mass is 79.9. The Hall–Kier alpha value is -0.540. The van der Waals surface area contributed by atoms with E-state index in [1.807, 2.05) is 24.3 Å². The SMILES string of the molecule is Brc1cccc(OCCNCC2CCCC2)c1. The molecule has 0 bridgehead atoms. The Kier molecular flexibility index (Phi) is 5.33. The van der Waals surface area contributed by atoms with Crippen LogP contribution in [-0.4, -0.2) is 19.7 Å². The molecule has 1 saturated carbocycles. The van der Waals surface area contributed by atoms with Gasteiger partial charge in [-0.1, -0.05) is 34.8 Å². The molecule has 94 valence electrons. The molecule has 0 aromatic heterocycles. The van der Waals surface area contributed by atoms with Crippen molar-refractivity contribution in [2.45, 2.75) is 25.7 Å². The van der Waals surface area contributed by atoms with Gasteiger partial charge in [-0.2, -0.15) is 0 Å². The molecule has 0 heterocycles. The van der Waals surface area contributed by atoms with Crippen molar-refractivity contribution in [3.8, 4) is 5.75 Å². The first-order valence-corrected chi connectivity index (χ1v) is 7.23. The van der Waals surface area contributed by atoms with Gasteiger partial charge in [-0.05, 0) is 43.5 Å². The summed E-state index contributed by atoms with van der Waals surface area (Å²) in [5.41, 5.74) is 0. The zero-order valence-electron chi connectivity index (χ0n) is 10.1. The van der Waals surface area contributed by atoms with Crippen LogP contribution in [0.3, 0.4) is 0 Å². The number of nitrogens with one attached hydrogen (secondary N) is 1. The quantitative estimate of drug-likeness (QED) is 0.810. The second kappa shape index (κ2) is 7.02. The summed E-state index contributed by atoms with van der Waals surface area (Å²) in [6.45, 7) is 2.83. The maximum Gasteiger partial charge on any atom is 0.120 e.